The molecule has 0 aliphatic rings. The quantitative estimate of drug-likeness (QED) is 0.199. The first-order valence-corrected chi connectivity index (χ1v) is 13.3. The minimum atomic E-state index is -0.967. The summed E-state index contributed by atoms with van der Waals surface area (Å²) in [4.78, 5) is 36.9. The number of carboxylic acids is 1. The van der Waals surface area contributed by atoms with Crippen LogP contribution in [0.1, 0.15) is 32.4 Å². The number of benzene rings is 1. The molecule has 0 fully saturated rings. The summed E-state index contributed by atoms with van der Waals surface area (Å²) in [5.74, 6) is -0.781. The molecule has 1 aromatic carbocycles. The Labute approximate surface area is 233 Å². The predicted octanol–water partition coefficient (Wildman–Crippen LogP) is 5.65. The van der Waals surface area contributed by atoms with Crippen LogP contribution in [-0.4, -0.2) is 38.0 Å². The van der Waals surface area contributed by atoms with Crippen molar-refractivity contribution in [2.24, 2.45) is 0 Å². The highest BCUT2D eigenvalue weighted by atomic mass is 35.5. The Hall–Kier alpha value is -3.50. The topological polar surface area (TPSA) is 117 Å². The summed E-state index contributed by atoms with van der Waals surface area (Å²) >= 11 is 13.7. The molecule has 194 valence electrons. The minimum Gasteiger partial charge on any atom is -0.480 e. The summed E-state index contributed by atoms with van der Waals surface area (Å²) < 4.78 is 0. The summed E-state index contributed by atoms with van der Waals surface area (Å²) in [6.07, 6.45) is 9.81. The van der Waals surface area contributed by atoms with E-state index in [0.717, 1.165) is 16.7 Å². The summed E-state index contributed by atoms with van der Waals surface area (Å²) in [5.41, 5.74) is 3.40. The van der Waals surface area contributed by atoms with E-state index in [2.05, 4.69) is 25.6 Å². The van der Waals surface area contributed by atoms with Gasteiger partial charge in [-0.2, -0.15) is 0 Å². The van der Waals surface area contributed by atoms with Gasteiger partial charge in [-0.3, -0.25) is 29.9 Å². The lowest BCUT2D eigenvalue weighted by atomic mass is 10.0. The molecule has 0 bridgehead atoms. The third-order valence-electron chi connectivity index (χ3n) is 5.53. The summed E-state index contributed by atoms with van der Waals surface area (Å²) in [5, 5.41) is 16.0. The number of aliphatic carboxylic acids is 1. The van der Waals surface area contributed by atoms with Crippen LogP contribution in [0.3, 0.4) is 0 Å². The highest BCUT2D eigenvalue weighted by molar-refractivity contribution is 7.98. The lowest BCUT2D eigenvalue weighted by molar-refractivity contribution is -0.139. The highest BCUT2D eigenvalue weighted by Gasteiger charge is 2.24. The second kappa shape index (κ2) is 13.3. The zero-order valence-electron chi connectivity index (χ0n) is 19.9. The number of carbonyl (C=O) groups excluding carboxylic acids is 1. The van der Waals surface area contributed by atoms with Crippen molar-refractivity contribution in [1.82, 2.24) is 20.3 Å². The van der Waals surface area contributed by atoms with Gasteiger partial charge in [0.15, 0.2) is 0 Å². The van der Waals surface area contributed by atoms with Crippen molar-refractivity contribution in [2.75, 3.05) is 5.32 Å². The van der Waals surface area contributed by atoms with Crippen molar-refractivity contribution in [3.05, 3.63) is 118 Å². The Morgan fingerprint density at radius 2 is 1.58 bits per heavy atom. The van der Waals surface area contributed by atoms with E-state index in [-0.39, 0.29) is 27.4 Å². The molecule has 4 aromatic rings. The Balaban J connectivity index is 1.44. The van der Waals surface area contributed by atoms with Gasteiger partial charge in [-0.15, -0.1) is 11.8 Å². The number of carbonyl (C=O) groups is 2. The first kappa shape index (κ1) is 27.5. The van der Waals surface area contributed by atoms with Gasteiger partial charge < -0.3 is 10.4 Å². The minimum absolute atomic E-state index is 0.133. The summed E-state index contributed by atoms with van der Waals surface area (Å²) in [7, 11) is 0. The van der Waals surface area contributed by atoms with Gasteiger partial charge in [0.1, 0.15) is 6.04 Å². The van der Waals surface area contributed by atoms with Crippen LogP contribution >= 0.6 is 35.0 Å². The molecule has 1 amide bonds. The average Bonchev–Trinajstić information content (AvgIpc) is 2.92. The fourth-order valence-corrected chi connectivity index (χ4v) is 5.30. The molecule has 4 rings (SSSR count). The molecule has 0 saturated heterocycles. The number of rotatable bonds is 11. The van der Waals surface area contributed by atoms with Crippen molar-refractivity contribution in [1.29, 1.82) is 0 Å². The van der Waals surface area contributed by atoms with E-state index in [0.29, 0.717) is 11.4 Å². The van der Waals surface area contributed by atoms with Crippen LogP contribution in [0.4, 0.5) is 5.69 Å². The van der Waals surface area contributed by atoms with Gasteiger partial charge in [0.2, 0.25) is 0 Å². The maximum Gasteiger partial charge on any atom is 0.321 e. The van der Waals surface area contributed by atoms with Crippen LogP contribution in [0.2, 0.25) is 10.0 Å². The van der Waals surface area contributed by atoms with E-state index in [4.69, 9.17) is 23.2 Å². The molecule has 11 heteroatoms. The van der Waals surface area contributed by atoms with Crippen LogP contribution in [0, 0.1) is 0 Å². The Morgan fingerprint density at radius 1 is 0.868 bits per heavy atom. The van der Waals surface area contributed by atoms with Crippen LogP contribution in [0.5, 0.6) is 0 Å². The highest BCUT2D eigenvalue weighted by Crippen LogP contribution is 2.30. The molecule has 3 aromatic heterocycles. The molecular weight excluding hydrogens is 545 g/mol. The first-order chi connectivity index (χ1) is 18.4. The number of amides is 1. The Bertz CT molecular complexity index is 1360. The zero-order chi connectivity index (χ0) is 26.9. The Morgan fingerprint density at radius 3 is 2.21 bits per heavy atom. The third kappa shape index (κ3) is 7.52. The number of aromatic nitrogens is 3. The second-order valence-electron chi connectivity index (χ2n) is 8.22. The zero-order valence-corrected chi connectivity index (χ0v) is 22.2. The largest absolute Gasteiger partial charge is 0.480 e. The molecule has 38 heavy (non-hydrogen) atoms. The maximum absolute atomic E-state index is 12.6. The average molecular weight is 568 g/mol. The molecular formula is C27H23Cl2N5O3S. The fourth-order valence-electron chi connectivity index (χ4n) is 3.62. The van der Waals surface area contributed by atoms with Gasteiger partial charge in [-0.1, -0.05) is 41.4 Å². The van der Waals surface area contributed by atoms with Gasteiger partial charge in [-0.25, -0.2) is 0 Å². The Kier molecular flexibility index (Phi) is 9.67. The SMILES string of the molecule is O=C(Nc1ccc(C[C@H](NC(SCc2cccnc2)c2ccncc2)C(=O)O)cc1)c1c(Cl)cncc1Cl. The molecule has 0 radical (unpaired) electrons. The van der Waals surface area contributed by atoms with E-state index in [9.17, 15) is 14.7 Å². The molecule has 0 saturated carbocycles. The number of halogens is 2. The van der Waals surface area contributed by atoms with Gasteiger partial charge in [0, 0.05) is 48.6 Å². The number of pyridine rings is 3. The number of hydrogen-bond donors (Lipinski definition) is 3. The van der Waals surface area contributed by atoms with Crippen LogP contribution in [-0.2, 0) is 17.0 Å². The van der Waals surface area contributed by atoms with Crippen LogP contribution in [0.15, 0.2) is 85.7 Å². The van der Waals surface area contributed by atoms with Crippen molar-refractivity contribution in [3.63, 3.8) is 0 Å². The lowest BCUT2D eigenvalue weighted by Gasteiger charge is -2.24. The van der Waals surface area contributed by atoms with Gasteiger partial charge in [0.25, 0.3) is 5.91 Å². The first-order valence-electron chi connectivity index (χ1n) is 11.5. The van der Waals surface area contributed by atoms with Gasteiger partial charge in [0.05, 0.1) is 21.0 Å². The molecule has 0 aliphatic heterocycles. The number of anilines is 1. The molecule has 3 N–H and O–H groups in total. The van der Waals surface area contributed by atoms with Crippen LogP contribution < -0.4 is 10.6 Å². The number of thioether (sulfide) groups is 1. The second-order valence-corrected chi connectivity index (χ2v) is 10.1. The lowest BCUT2D eigenvalue weighted by Crippen LogP contribution is -2.40. The van der Waals surface area contributed by atoms with Crippen molar-refractivity contribution in [2.45, 2.75) is 23.6 Å². The number of nitrogens with one attached hydrogen (secondary N) is 2. The van der Waals surface area contributed by atoms with Crippen molar-refractivity contribution < 1.29 is 14.7 Å². The van der Waals surface area contributed by atoms with E-state index in [1.807, 2.05) is 24.3 Å². The van der Waals surface area contributed by atoms with E-state index < -0.39 is 17.9 Å². The summed E-state index contributed by atoms with van der Waals surface area (Å²) in [6, 6.07) is 13.7. The van der Waals surface area contributed by atoms with E-state index >= 15 is 0 Å². The normalized spacial score (nSPS) is 12.5. The molecule has 8 nitrogen and oxygen atoms in total. The fraction of sp³-hybridized carbons (Fsp3) is 0.148. The molecule has 3 heterocycles. The third-order valence-corrected chi connectivity index (χ3v) is 7.35. The van der Waals surface area contributed by atoms with Crippen LogP contribution in [0.25, 0.3) is 0 Å². The molecule has 0 aliphatic carbocycles. The standard InChI is InChI=1S/C27H23Cl2N5O3S/c28-21-14-32-15-22(29)24(21)25(35)33-20-5-3-17(4-6-20)12-23(27(36)37)34-26(19-7-10-30-11-8-19)38-16-18-2-1-9-31-13-18/h1-11,13-15,23,26,34H,12,16H2,(H,33,35)(H,36,37)/t23-,26?/m0/s1. The number of carboxylic acid groups (broad SMARTS) is 1. The predicted molar refractivity (Wildman–Crippen MR) is 149 cm³/mol. The number of nitrogens with zero attached hydrogens (tertiary/aromatic N) is 3. The maximum atomic E-state index is 12.6. The molecule has 0 spiro atoms. The van der Waals surface area contributed by atoms with Crippen molar-refractivity contribution in [3.8, 4) is 0 Å². The van der Waals surface area contributed by atoms with E-state index in [1.165, 1.54) is 12.4 Å². The summed E-state index contributed by atoms with van der Waals surface area (Å²) in [6.45, 7) is 0. The molecule has 2 atom stereocenters. The monoisotopic (exact) mass is 567 g/mol. The van der Waals surface area contributed by atoms with Gasteiger partial charge >= 0.3 is 5.97 Å². The number of hydrogen-bond acceptors (Lipinski definition) is 7. The van der Waals surface area contributed by atoms with E-state index in [1.54, 1.807) is 60.8 Å². The smallest absolute Gasteiger partial charge is 0.321 e. The van der Waals surface area contributed by atoms with Gasteiger partial charge in [-0.05, 0) is 53.4 Å². The molecule has 1 unspecified atom stereocenters. The van der Waals surface area contributed by atoms with Crippen molar-refractivity contribution >= 4 is 52.5 Å².